The second-order valence-electron chi connectivity index (χ2n) is 5.01. The van der Waals surface area contributed by atoms with Crippen LogP contribution in [0.2, 0.25) is 0 Å². The molecule has 0 unspecified atom stereocenters. The first-order valence-electron chi connectivity index (χ1n) is 7.29. The van der Waals surface area contributed by atoms with Crippen molar-refractivity contribution in [2.45, 2.75) is 19.3 Å². The van der Waals surface area contributed by atoms with Crippen LogP contribution in [-0.2, 0) is 22.7 Å². The molecule has 0 aliphatic rings. The fraction of sp³-hybridized carbons (Fsp3) is 0.333. The Balaban J connectivity index is 1.72. The molecule has 0 radical (unpaired) electrons. The first-order valence-corrected chi connectivity index (χ1v) is 7.29. The summed E-state index contributed by atoms with van der Waals surface area (Å²) < 4.78 is 16.3. The van der Waals surface area contributed by atoms with Gasteiger partial charge in [0.25, 0.3) is 0 Å². The normalized spacial score (nSPS) is 12.1. The van der Waals surface area contributed by atoms with Crippen molar-refractivity contribution in [3.05, 3.63) is 65.7 Å². The molecule has 0 spiro atoms. The van der Waals surface area contributed by atoms with Gasteiger partial charge in [-0.1, -0.05) is 48.5 Å². The molecule has 22 heavy (non-hydrogen) atoms. The largest absolute Gasteiger partial charge is 0.490 e. The van der Waals surface area contributed by atoms with Crippen LogP contribution in [0.15, 0.2) is 54.6 Å². The van der Waals surface area contributed by atoms with E-state index >= 15 is 0 Å². The molecule has 118 valence electrons. The molecule has 0 aliphatic carbocycles. The van der Waals surface area contributed by atoms with Crippen molar-refractivity contribution in [1.82, 2.24) is 0 Å². The Kier molecular flexibility index (Phi) is 6.90. The molecule has 2 aromatic carbocycles. The number of ether oxygens (including phenoxy) is 3. The van der Waals surface area contributed by atoms with E-state index in [0.717, 1.165) is 16.9 Å². The van der Waals surface area contributed by atoms with Gasteiger partial charge in [0.15, 0.2) is 0 Å². The van der Waals surface area contributed by atoms with Crippen LogP contribution in [0.3, 0.4) is 0 Å². The van der Waals surface area contributed by atoms with Crippen LogP contribution in [0.5, 0.6) is 5.75 Å². The minimum absolute atomic E-state index is 0.190. The monoisotopic (exact) mass is 302 g/mol. The smallest absolute Gasteiger partial charge is 0.124 e. The second-order valence-corrected chi connectivity index (χ2v) is 5.01. The topological polar surface area (TPSA) is 47.9 Å². The lowest BCUT2D eigenvalue weighted by Gasteiger charge is -2.15. The second kappa shape index (κ2) is 9.20. The summed E-state index contributed by atoms with van der Waals surface area (Å²) in [5, 5.41) is 9.93. The minimum Gasteiger partial charge on any atom is -0.490 e. The number of rotatable bonds is 9. The fourth-order valence-electron chi connectivity index (χ4n) is 2.04. The molecule has 0 bridgehead atoms. The molecule has 0 saturated carbocycles. The lowest BCUT2D eigenvalue weighted by molar-refractivity contribution is 0.00506. The highest BCUT2D eigenvalue weighted by atomic mass is 16.5. The van der Waals surface area contributed by atoms with Gasteiger partial charge in [-0.3, -0.25) is 0 Å². The zero-order valence-corrected chi connectivity index (χ0v) is 12.8. The zero-order chi connectivity index (χ0) is 15.6. The van der Waals surface area contributed by atoms with Gasteiger partial charge in [0, 0.05) is 12.7 Å². The molecule has 2 aromatic rings. The Labute approximate surface area is 131 Å². The molecule has 1 atom stereocenters. The van der Waals surface area contributed by atoms with E-state index in [-0.39, 0.29) is 13.2 Å². The van der Waals surface area contributed by atoms with Crippen LogP contribution in [0.1, 0.15) is 11.1 Å². The lowest BCUT2D eigenvalue weighted by atomic mass is 10.2. The van der Waals surface area contributed by atoms with E-state index in [0.29, 0.717) is 13.2 Å². The van der Waals surface area contributed by atoms with Gasteiger partial charge in [0.1, 0.15) is 18.5 Å². The summed E-state index contributed by atoms with van der Waals surface area (Å²) >= 11 is 0. The van der Waals surface area contributed by atoms with E-state index in [9.17, 15) is 5.11 Å². The average Bonchev–Trinajstić information content (AvgIpc) is 2.55. The summed E-state index contributed by atoms with van der Waals surface area (Å²) in [6.07, 6.45) is -0.667. The minimum atomic E-state index is -0.667. The van der Waals surface area contributed by atoms with Gasteiger partial charge in [-0.15, -0.1) is 0 Å². The summed E-state index contributed by atoms with van der Waals surface area (Å²) in [6, 6.07) is 17.5. The summed E-state index contributed by atoms with van der Waals surface area (Å²) in [7, 11) is 1.64. The van der Waals surface area contributed by atoms with Crippen LogP contribution in [-0.4, -0.2) is 31.5 Å². The molecular weight excluding hydrogens is 280 g/mol. The highest BCUT2D eigenvalue weighted by molar-refractivity contribution is 5.32. The van der Waals surface area contributed by atoms with Crippen LogP contribution in [0.4, 0.5) is 0 Å². The van der Waals surface area contributed by atoms with Crippen molar-refractivity contribution in [2.75, 3.05) is 20.3 Å². The van der Waals surface area contributed by atoms with Crippen LogP contribution < -0.4 is 4.74 Å². The van der Waals surface area contributed by atoms with Crippen LogP contribution in [0.25, 0.3) is 0 Å². The van der Waals surface area contributed by atoms with E-state index in [1.807, 2.05) is 54.6 Å². The Bertz CT molecular complexity index is 542. The van der Waals surface area contributed by atoms with Crippen LogP contribution >= 0.6 is 0 Å². The molecule has 0 saturated heterocycles. The maximum absolute atomic E-state index is 9.93. The molecule has 4 nitrogen and oxygen atoms in total. The summed E-state index contributed by atoms with van der Waals surface area (Å²) in [5.41, 5.74) is 2.04. The first-order chi connectivity index (χ1) is 10.8. The fourth-order valence-corrected chi connectivity index (χ4v) is 2.04. The molecule has 4 heteroatoms. The number of aliphatic hydroxyl groups is 1. The maximum Gasteiger partial charge on any atom is 0.124 e. The molecule has 0 heterocycles. The van der Waals surface area contributed by atoms with E-state index in [1.165, 1.54) is 0 Å². The van der Waals surface area contributed by atoms with E-state index in [4.69, 9.17) is 14.2 Å². The number of para-hydroxylation sites is 1. The zero-order valence-electron chi connectivity index (χ0n) is 12.8. The molecule has 2 rings (SSSR count). The van der Waals surface area contributed by atoms with Gasteiger partial charge in [-0.25, -0.2) is 0 Å². The first kappa shape index (κ1) is 16.5. The predicted octanol–water partition coefficient (Wildman–Crippen LogP) is 2.79. The van der Waals surface area contributed by atoms with Crippen molar-refractivity contribution in [2.24, 2.45) is 0 Å². The van der Waals surface area contributed by atoms with Crippen molar-refractivity contribution in [3.63, 3.8) is 0 Å². The standard InChI is InChI=1S/C18H22O4/c1-20-12-16-9-5-6-10-18(16)22-14-17(19)13-21-11-15-7-3-2-4-8-15/h2-10,17,19H,11-14H2,1H3/t17-/m0/s1. The van der Waals surface area contributed by atoms with Crippen molar-refractivity contribution >= 4 is 0 Å². The Morgan fingerprint density at radius 3 is 2.41 bits per heavy atom. The Morgan fingerprint density at radius 2 is 1.64 bits per heavy atom. The molecule has 0 amide bonds. The summed E-state index contributed by atoms with van der Waals surface area (Å²) in [6.45, 7) is 1.39. The predicted molar refractivity (Wildman–Crippen MR) is 84.8 cm³/mol. The Hall–Kier alpha value is -1.88. The lowest BCUT2D eigenvalue weighted by Crippen LogP contribution is -2.23. The highest BCUT2D eigenvalue weighted by Crippen LogP contribution is 2.18. The summed E-state index contributed by atoms with van der Waals surface area (Å²) in [5.74, 6) is 0.728. The third kappa shape index (κ3) is 5.48. The van der Waals surface area contributed by atoms with Crippen LogP contribution in [0, 0.1) is 0 Å². The SMILES string of the molecule is COCc1ccccc1OC[C@@H](O)COCc1ccccc1. The van der Waals surface area contributed by atoms with E-state index < -0.39 is 6.10 Å². The van der Waals surface area contributed by atoms with Crippen molar-refractivity contribution < 1.29 is 19.3 Å². The quantitative estimate of drug-likeness (QED) is 0.774. The summed E-state index contributed by atoms with van der Waals surface area (Å²) in [4.78, 5) is 0. The van der Waals surface area contributed by atoms with Gasteiger partial charge in [0.2, 0.25) is 0 Å². The van der Waals surface area contributed by atoms with Gasteiger partial charge in [0.05, 0.1) is 19.8 Å². The molecule has 0 fully saturated rings. The number of methoxy groups -OCH3 is 1. The maximum atomic E-state index is 9.93. The number of aliphatic hydroxyl groups excluding tert-OH is 1. The van der Waals surface area contributed by atoms with Gasteiger partial charge < -0.3 is 19.3 Å². The van der Waals surface area contributed by atoms with Gasteiger partial charge in [-0.2, -0.15) is 0 Å². The molecule has 1 N–H and O–H groups in total. The molecule has 0 aliphatic heterocycles. The third-order valence-electron chi connectivity index (χ3n) is 3.13. The number of benzene rings is 2. The average molecular weight is 302 g/mol. The Morgan fingerprint density at radius 1 is 0.909 bits per heavy atom. The van der Waals surface area contributed by atoms with Gasteiger partial charge in [-0.05, 0) is 11.6 Å². The van der Waals surface area contributed by atoms with Crippen molar-refractivity contribution in [1.29, 1.82) is 0 Å². The third-order valence-corrected chi connectivity index (χ3v) is 3.13. The van der Waals surface area contributed by atoms with E-state index in [2.05, 4.69) is 0 Å². The van der Waals surface area contributed by atoms with Gasteiger partial charge >= 0.3 is 0 Å². The van der Waals surface area contributed by atoms with Crippen molar-refractivity contribution in [3.8, 4) is 5.75 Å². The number of hydrogen-bond acceptors (Lipinski definition) is 4. The van der Waals surface area contributed by atoms with E-state index in [1.54, 1.807) is 7.11 Å². The highest BCUT2D eigenvalue weighted by Gasteiger charge is 2.08. The molecular formula is C18H22O4. The number of hydrogen-bond donors (Lipinski definition) is 1. The molecule has 0 aromatic heterocycles.